The van der Waals surface area contributed by atoms with E-state index in [9.17, 15) is 18.0 Å². The van der Waals surface area contributed by atoms with E-state index in [0.29, 0.717) is 0 Å². The number of rotatable bonds is 5. The Balaban J connectivity index is 2.08. The number of carbonyl (C=O) groups is 2. The molecule has 1 fully saturated rings. The monoisotopic (exact) mass is 333 g/mol. The van der Waals surface area contributed by atoms with Crippen molar-refractivity contribution < 1.29 is 23.1 Å². The summed E-state index contributed by atoms with van der Waals surface area (Å²) in [6.45, 7) is 0.257. The molecule has 1 aromatic heterocycles. The molecule has 1 saturated heterocycles. The zero-order valence-electron chi connectivity index (χ0n) is 11.0. The van der Waals surface area contributed by atoms with Crippen molar-refractivity contribution in [3.05, 3.63) is 17.0 Å². The second-order valence-corrected chi connectivity index (χ2v) is 7.23. The van der Waals surface area contributed by atoms with Gasteiger partial charge in [0.05, 0.1) is 11.5 Å². The van der Waals surface area contributed by atoms with Crippen LogP contribution >= 0.6 is 11.3 Å². The van der Waals surface area contributed by atoms with Gasteiger partial charge in [-0.3, -0.25) is 14.3 Å². The number of nitrogens with one attached hydrogen (secondary N) is 1. The Morgan fingerprint density at radius 1 is 1.38 bits per heavy atom. The van der Waals surface area contributed by atoms with Gasteiger partial charge in [-0.05, 0) is 24.3 Å². The van der Waals surface area contributed by atoms with Crippen molar-refractivity contribution in [2.75, 3.05) is 17.8 Å². The van der Waals surface area contributed by atoms with Crippen molar-refractivity contribution in [3.8, 4) is 0 Å². The molecule has 2 rings (SSSR count). The highest BCUT2D eigenvalue weighted by molar-refractivity contribution is 7.90. The molecule has 0 aliphatic carbocycles. The zero-order chi connectivity index (χ0) is 15.6. The molecule has 0 spiro atoms. The number of hydrogen-bond donors (Lipinski definition) is 3. The van der Waals surface area contributed by atoms with Crippen LogP contribution in [0.25, 0.3) is 0 Å². The number of amides is 1. The molecular weight excluding hydrogens is 318 g/mol. The summed E-state index contributed by atoms with van der Waals surface area (Å²) >= 11 is 1.06. The largest absolute Gasteiger partial charge is 0.481 e. The summed E-state index contributed by atoms with van der Waals surface area (Å²) in [7, 11) is -3.82. The van der Waals surface area contributed by atoms with Crippen molar-refractivity contribution in [1.82, 2.24) is 4.31 Å². The Labute approximate surface area is 125 Å². The number of carboxylic acids is 1. The van der Waals surface area contributed by atoms with E-state index in [4.69, 9.17) is 10.8 Å². The van der Waals surface area contributed by atoms with Crippen molar-refractivity contribution >= 4 is 38.4 Å². The molecule has 116 valence electrons. The topological polar surface area (TPSA) is 130 Å². The van der Waals surface area contributed by atoms with Crippen LogP contribution in [-0.4, -0.2) is 42.8 Å². The average molecular weight is 333 g/mol. The first-order valence-corrected chi connectivity index (χ1v) is 8.51. The average Bonchev–Trinajstić information content (AvgIpc) is 2.86. The second-order valence-electron chi connectivity index (χ2n) is 4.65. The van der Waals surface area contributed by atoms with Crippen LogP contribution in [0.4, 0.5) is 5.00 Å². The number of hydrogen-bond acceptors (Lipinski definition) is 5. The number of anilines is 1. The van der Waals surface area contributed by atoms with Gasteiger partial charge in [0.15, 0.2) is 0 Å². The fraction of sp³-hybridized carbons (Fsp3) is 0.455. The summed E-state index contributed by atoms with van der Waals surface area (Å²) in [5, 5.41) is 10.6. The molecule has 1 aliphatic rings. The molecule has 21 heavy (non-hydrogen) atoms. The van der Waals surface area contributed by atoms with Crippen LogP contribution in [0.1, 0.15) is 23.2 Å². The molecule has 0 radical (unpaired) electrons. The lowest BCUT2D eigenvalue weighted by molar-refractivity contribution is -0.142. The summed E-state index contributed by atoms with van der Waals surface area (Å²) < 4.78 is 28.0. The molecule has 8 nitrogen and oxygen atoms in total. The minimum atomic E-state index is -3.82. The number of nitrogens with two attached hydrogens (primary N) is 1. The molecule has 0 aromatic carbocycles. The smallest absolute Gasteiger partial charge is 0.306 e. The molecule has 0 unspecified atom stereocenters. The van der Waals surface area contributed by atoms with Crippen LogP contribution in [0.2, 0.25) is 0 Å². The summed E-state index contributed by atoms with van der Waals surface area (Å²) in [4.78, 5) is 22.0. The molecular formula is C11H15N3O5S2. The van der Waals surface area contributed by atoms with Gasteiger partial charge in [-0.15, -0.1) is 11.3 Å². The van der Waals surface area contributed by atoms with E-state index in [1.807, 2.05) is 0 Å². The van der Waals surface area contributed by atoms with Crippen molar-refractivity contribution in [3.63, 3.8) is 0 Å². The maximum atomic E-state index is 12.2. The minimum absolute atomic E-state index is 0.115. The first-order valence-electron chi connectivity index (χ1n) is 6.19. The minimum Gasteiger partial charge on any atom is -0.481 e. The third kappa shape index (κ3) is 3.52. The number of nitrogens with zero attached hydrogens (tertiary/aromatic N) is 1. The highest BCUT2D eigenvalue weighted by Gasteiger charge is 2.31. The molecule has 10 heteroatoms. The van der Waals surface area contributed by atoms with Gasteiger partial charge in [-0.1, -0.05) is 0 Å². The van der Waals surface area contributed by atoms with E-state index in [1.165, 1.54) is 10.4 Å². The van der Waals surface area contributed by atoms with E-state index in [-0.39, 0.29) is 36.5 Å². The summed E-state index contributed by atoms with van der Waals surface area (Å²) in [5.41, 5.74) is 5.28. The Bertz CT molecular complexity index is 647. The lowest BCUT2D eigenvalue weighted by Gasteiger charge is -2.29. The normalized spacial score (nSPS) is 17.5. The van der Waals surface area contributed by atoms with Gasteiger partial charge in [-0.25, -0.2) is 0 Å². The quantitative estimate of drug-likeness (QED) is 0.713. The van der Waals surface area contributed by atoms with Gasteiger partial charge in [0.25, 0.3) is 5.91 Å². The fourth-order valence-electron chi connectivity index (χ4n) is 2.11. The van der Waals surface area contributed by atoms with Crippen LogP contribution in [-0.2, 0) is 15.0 Å². The number of carboxylic acid groups (broad SMARTS) is 1. The number of carbonyl (C=O) groups excluding carboxylic acids is 1. The maximum Gasteiger partial charge on any atom is 0.306 e. The molecule has 1 aromatic rings. The summed E-state index contributed by atoms with van der Waals surface area (Å²) in [6.07, 6.45) is 0.534. The Hall–Kier alpha value is -1.65. The standard InChI is InChI=1S/C11H15N3O5S2/c12-9(15)8-3-6-20-10(8)13-21(18,19)14-4-1-7(2-5-14)11(16)17/h3,6-7,13H,1-2,4-5H2,(H2,12,15)(H,16,17). The van der Waals surface area contributed by atoms with Crippen LogP contribution in [0.3, 0.4) is 0 Å². The molecule has 4 N–H and O–H groups in total. The number of aliphatic carboxylic acids is 1. The maximum absolute atomic E-state index is 12.2. The van der Waals surface area contributed by atoms with Gasteiger partial charge >= 0.3 is 16.2 Å². The highest BCUT2D eigenvalue weighted by atomic mass is 32.2. The van der Waals surface area contributed by atoms with E-state index in [0.717, 1.165) is 11.3 Å². The third-order valence-electron chi connectivity index (χ3n) is 3.30. The SMILES string of the molecule is NC(=O)c1ccsc1NS(=O)(=O)N1CCC(C(=O)O)CC1. The molecule has 0 saturated carbocycles. The highest BCUT2D eigenvalue weighted by Crippen LogP contribution is 2.26. The first-order chi connectivity index (χ1) is 9.81. The third-order valence-corrected chi connectivity index (χ3v) is 5.76. The zero-order valence-corrected chi connectivity index (χ0v) is 12.6. The molecule has 1 amide bonds. The summed E-state index contributed by atoms with van der Waals surface area (Å²) in [5.74, 6) is -2.13. The van der Waals surface area contributed by atoms with Crippen LogP contribution in [0.5, 0.6) is 0 Å². The van der Waals surface area contributed by atoms with Crippen molar-refractivity contribution in [2.24, 2.45) is 11.7 Å². The first kappa shape index (κ1) is 15.7. The predicted octanol–water partition coefficient (Wildman–Crippen LogP) is 0.300. The number of piperidine rings is 1. The molecule has 0 atom stereocenters. The second kappa shape index (κ2) is 6.00. The number of primary amides is 1. The van der Waals surface area contributed by atoms with Gasteiger partial charge < -0.3 is 10.8 Å². The van der Waals surface area contributed by atoms with Crippen molar-refractivity contribution in [1.29, 1.82) is 0 Å². The summed E-state index contributed by atoms with van der Waals surface area (Å²) in [6, 6.07) is 1.45. The van der Waals surface area contributed by atoms with E-state index in [1.54, 1.807) is 5.38 Å². The van der Waals surface area contributed by atoms with Crippen molar-refractivity contribution in [2.45, 2.75) is 12.8 Å². The Kier molecular flexibility index (Phi) is 4.49. The van der Waals surface area contributed by atoms with Crippen LogP contribution in [0, 0.1) is 5.92 Å². The predicted molar refractivity (Wildman–Crippen MR) is 77.3 cm³/mol. The molecule has 1 aliphatic heterocycles. The van der Waals surface area contributed by atoms with E-state index in [2.05, 4.69) is 4.72 Å². The number of thiophene rings is 1. The lowest BCUT2D eigenvalue weighted by atomic mass is 9.99. The Morgan fingerprint density at radius 2 is 2.00 bits per heavy atom. The van der Waals surface area contributed by atoms with Gasteiger partial charge in [-0.2, -0.15) is 12.7 Å². The van der Waals surface area contributed by atoms with E-state index < -0.39 is 28.0 Å². The molecule has 0 bridgehead atoms. The van der Waals surface area contributed by atoms with Crippen LogP contribution < -0.4 is 10.5 Å². The van der Waals surface area contributed by atoms with Gasteiger partial charge in [0.2, 0.25) is 0 Å². The molecule has 2 heterocycles. The lowest BCUT2D eigenvalue weighted by Crippen LogP contribution is -2.43. The van der Waals surface area contributed by atoms with E-state index >= 15 is 0 Å². The van der Waals surface area contributed by atoms with Crippen LogP contribution in [0.15, 0.2) is 11.4 Å². The fourth-order valence-corrected chi connectivity index (χ4v) is 4.42. The van der Waals surface area contributed by atoms with Gasteiger partial charge in [0, 0.05) is 13.1 Å². The van der Waals surface area contributed by atoms with Gasteiger partial charge in [0.1, 0.15) is 5.00 Å². The Morgan fingerprint density at radius 3 is 2.52 bits per heavy atom.